The van der Waals surface area contributed by atoms with Gasteiger partial charge in [0, 0.05) is 11.6 Å². The fourth-order valence-electron chi connectivity index (χ4n) is 2.74. The van der Waals surface area contributed by atoms with E-state index in [1.165, 1.54) is 18.2 Å². The third-order valence-electron chi connectivity index (χ3n) is 4.00. The molecule has 2 unspecified atom stereocenters. The molecule has 1 aromatic carbocycles. The standard InChI is InChI=1S/C15H15FN2O3/c1-2-8-7-11(8)18-14(20)12(13(19)17-15(18)21)9-5-3-4-6-10(9)16/h3-6,8,11,20H,2,7H2,1H3,(H,17,19,21). The van der Waals surface area contributed by atoms with Gasteiger partial charge < -0.3 is 5.11 Å². The Morgan fingerprint density at radius 1 is 1.38 bits per heavy atom. The molecule has 0 aliphatic heterocycles. The van der Waals surface area contributed by atoms with Crippen LogP contribution in [-0.4, -0.2) is 14.7 Å². The Morgan fingerprint density at radius 3 is 2.71 bits per heavy atom. The normalized spacial score (nSPS) is 20.5. The van der Waals surface area contributed by atoms with Crippen LogP contribution in [0.15, 0.2) is 33.9 Å². The van der Waals surface area contributed by atoms with Crippen molar-refractivity contribution in [2.45, 2.75) is 25.8 Å². The lowest BCUT2D eigenvalue weighted by molar-refractivity contribution is 0.397. The smallest absolute Gasteiger partial charge is 0.331 e. The van der Waals surface area contributed by atoms with Crippen molar-refractivity contribution in [1.29, 1.82) is 0 Å². The highest BCUT2D eigenvalue weighted by Crippen LogP contribution is 2.47. The average Bonchev–Trinajstić information content (AvgIpc) is 3.19. The van der Waals surface area contributed by atoms with Gasteiger partial charge in [-0.2, -0.15) is 0 Å². The van der Waals surface area contributed by atoms with Gasteiger partial charge in [0.1, 0.15) is 11.4 Å². The van der Waals surface area contributed by atoms with Crippen molar-refractivity contribution in [3.63, 3.8) is 0 Å². The van der Waals surface area contributed by atoms with Crippen molar-refractivity contribution in [2.24, 2.45) is 5.92 Å². The molecule has 2 N–H and O–H groups in total. The van der Waals surface area contributed by atoms with Gasteiger partial charge in [-0.15, -0.1) is 0 Å². The molecule has 1 aliphatic carbocycles. The summed E-state index contributed by atoms with van der Waals surface area (Å²) in [6, 6.07) is 5.53. The number of rotatable bonds is 3. The zero-order chi connectivity index (χ0) is 15.1. The van der Waals surface area contributed by atoms with Crippen LogP contribution in [0.1, 0.15) is 25.8 Å². The number of halogens is 1. The van der Waals surface area contributed by atoms with E-state index in [2.05, 4.69) is 4.98 Å². The van der Waals surface area contributed by atoms with Crippen LogP contribution in [0.5, 0.6) is 5.88 Å². The topological polar surface area (TPSA) is 75.1 Å². The minimum atomic E-state index is -0.785. The second-order valence-electron chi connectivity index (χ2n) is 5.28. The predicted molar refractivity (Wildman–Crippen MR) is 75.8 cm³/mol. The summed E-state index contributed by atoms with van der Waals surface area (Å²) < 4.78 is 15.0. The Hall–Kier alpha value is -2.37. The summed E-state index contributed by atoms with van der Waals surface area (Å²) in [4.78, 5) is 26.1. The van der Waals surface area contributed by atoms with Crippen molar-refractivity contribution in [3.05, 3.63) is 50.9 Å². The summed E-state index contributed by atoms with van der Waals surface area (Å²) in [5.74, 6) is -0.783. The zero-order valence-corrected chi connectivity index (χ0v) is 11.5. The van der Waals surface area contributed by atoms with Gasteiger partial charge in [0.25, 0.3) is 5.56 Å². The number of benzene rings is 1. The van der Waals surface area contributed by atoms with Crippen LogP contribution < -0.4 is 11.2 Å². The first-order valence-electron chi connectivity index (χ1n) is 6.87. The first kappa shape index (κ1) is 13.6. The van der Waals surface area contributed by atoms with Crippen molar-refractivity contribution in [2.75, 3.05) is 0 Å². The van der Waals surface area contributed by atoms with Crippen LogP contribution in [0.4, 0.5) is 4.39 Å². The summed E-state index contributed by atoms with van der Waals surface area (Å²) >= 11 is 0. The number of aromatic nitrogens is 2. The first-order chi connectivity index (χ1) is 10.0. The molecular formula is C15H15FN2O3. The van der Waals surface area contributed by atoms with Gasteiger partial charge in [0.15, 0.2) is 0 Å². The van der Waals surface area contributed by atoms with Crippen LogP contribution in [-0.2, 0) is 0 Å². The molecule has 1 heterocycles. The van der Waals surface area contributed by atoms with Gasteiger partial charge in [-0.25, -0.2) is 9.18 Å². The van der Waals surface area contributed by atoms with Crippen LogP contribution in [0.2, 0.25) is 0 Å². The largest absolute Gasteiger partial charge is 0.494 e. The minimum absolute atomic E-state index is 0.0151. The number of nitrogens with one attached hydrogen (secondary N) is 1. The molecule has 0 bridgehead atoms. The Kier molecular flexibility index (Phi) is 3.16. The van der Waals surface area contributed by atoms with E-state index in [1.54, 1.807) is 6.07 Å². The average molecular weight is 290 g/mol. The monoisotopic (exact) mass is 290 g/mol. The lowest BCUT2D eigenvalue weighted by atomic mass is 10.1. The summed E-state index contributed by atoms with van der Waals surface area (Å²) in [5.41, 5.74) is -1.65. The Bertz CT molecular complexity index is 809. The second-order valence-corrected chi connectivity index (χ2v) is 5.28. The van der Waals surface area contributed by atoms with Crippen molar-refractivity contribution >= 4 is 0 Å². The first-order valence-corrected chi connectivity index (χ1v) is 6.87. The molecule has 2 atom stereocenters. The fourth-order valence-corrected chi connectivity index (χ4v) is 2.74. The summed E-state index contributed by atoms with van der Waals surface area (Å²) in [7, 11) is 0. The van der Waals surface area contributed by atoms with E-state index >= 15 is 0 Å². The van der Waals surface area contributed by atoms with Crippen LogP contribution >= 0.6 is 0 Å². The second kappa shape index (κ2) is 4.87. The van der Waals surface area contributed by atoms with Gasteiger partial charge in [0.05, 0.1) is 0 Å². The van der Waals surface area contributed by atoms with Gasteiger partial charge in [0.2, 0.25) is 5.88 Å². The molecule has 21 heavy (non-hydrogen) atoms. The molecule has 0 radical (unpaired) electrons. The highest BCUT2D eigenvalue weighted by molar-refractivity contribution is 5.67. The Labute approximate surface area is 119 Å². The van der Waals surface area contributed by atoms with E-state index in [4.69, 9.17) is 0 Å². The molecule has 2 aromatic rings. The molecule has 0 amide bonds. The molecular weight excluding hydrogens is 275 g/mol. The third-order valence-corrected chi connectivity index (χ3v) is 4.00. The van der Waals surface area contributed by atoms with Gasteiger partial charge >= 0.3 is 5.69 Å². The molecule has 0 spiro atoms. The number of hydrogen-bond acceptors (Lipinski definition) is 3. The molecule has 6 heteroatoms. The molecule has 5 nitrogen and oxygen atoms in total. The highest BCUT2D eigenvalue weighted by Gasteiger charge is 2.40. The number of hydrogen-bond donors (Lipinski definition) is 2. The predicted octanol–water partition coefficient (Wildman–Crippen LogP) is 2.02. The number of aromatic amines is 1. The number of H-pyrrole nitrogens is 1. The lowest BCUT2D eigenvalue weighted by Gasteiger charge is -2.11. The van der Waals surface area contributed by atoms with E-state index in [-0.39, 0.29) is 17.2 Å². The van der Waals surface area contributed by atoms with Crippen molar-refractivity contribution in [3.8, 4) is 17.0 Å². The number of aromatic hydroxyl groups is 1. The summed E-state index contributed by atoms with van der Waals surface area (Å²) in [5, 5.41) is 10.3. The van der Waals surface area contributed by atoms with Gasteiger partial charge in [-0.3, -0.25) is 14.3 Å². The zero-order valence-electron chi connectivity index (χ0n) is 11.5. The van der Waals surface area contributed by atoms with Crippen LogP contribution in [0.25, 0.3) is 11.1 Å². The van der Waals surface area contributed by atoms with Gasteiger partial charge in [-0.05, 0) is 18.4 Å². The SMILES string of the molecule is CCC1CC1n1c(O)c(-c2ccccc2F)c(=O)[nH]c1=O. The Morgan fingerprint density at radius 2 is 2.10 bits per heavy atom. The summed E-state index contributed by atoms with van der Waals surface area (Å²) in [6.45, 7) is 2.00. The molecule has 1 fully saturated rings. The maximum absolute atomic E-state index is 13.9. The van der Waals surface area contributed by atoms with E-state index < -0.39 is 22.9 Å². The maximum atomic E-state index is 13.9. The Balaban J connectivity index is 2.23. The summed E-state index contributed by atoms with van der Waals surface area (Å²) in [6.07, 6.45) is 1.65. The maximum Gasteiger partial charge on any atom is 0.331 e. The van der Waals surface area contributed by atoms with E-state index in [1.807, 2.05) is 6.92 Å². The third kappa shape index (κ3) is 2.16. The highest BCUT2D eigenvalue weighted by atomic mass is 19.1. The molecule has 1 aliphatic rings. The molecule has 110 valence electrons. The molecule has 3 rings (SSSR count). The van der Waals surface area contributed by atoms with Crippen molar-refractivity contribution < 1.29 is 9.50 Å². The van der Waals surface area contributed by atoms with E-state index in [9.17, 15) is 19.1 Å². The van der Waals surface area contributed by atoms with Gasteiger partial charge in [-0.1, -0.05) is 31.5 Å². The molecule has 1 saturated carbocycles. The van der Waals surface area contributed by atoms with E-state index in [0.29, 0.717) is 5.92 Å². The number of nitrogens with zero attached hydrogens (tertiary/aromatic N) is 1. The molecule has 1 aromatic heterocycles. The van der Waals surface area contributed by atoms with Crippen LogP contribution in [0, 0.1) is 11.7 Å². The quantitative estimate of drug-likeness (QED) is 0.908. The van der Waals surface area contributed by atoms with Crippen molar-refractivity contribution in [1.82, 2.24) is 9.55 Å². The minimum Gasteiger partial charge on any atom is -0.494 e. The van der Waals surface area contributed by atoms with Crippen LogP contribution in [0.3, 0.4) is 0 Å². The molecule has 0 saturated heterocycles. The van der Waals surface area contributed by atoms with E-state index in [0.717, 1.165) is 17.4 Å². The lowest BCUT2D eigenvalue weighted by Crippen LogP contribution is -2.31. The fraction of sp³-hybridized carbons (Fsp3) is 0.333.